The lowest BCUT2D eigenvalue weighted by Crippen LogP contribution is -2.45. The SMILES string of the molecule is CCOc1cc([C@@H]2NC(=S)NC(C)=C2C(=O)OCCOC)ccc1OCc1ccccc1. The number of rotatable bonds is 10. The number of nitrogens with one attached hydrogen (secondary N) is 2. The fraction of sp³-hybridized carbons (Fsp3) is 0.333. The van der Waals surface area contributed by atoms with Crippen LogP contribution < -0.4 is 20.1 Å². The third-order valence-corrected chi connectivity index (χ3v) is 5.07. The lowest BCUT2D eigenvalue weighted by atomic mass is 9.95. The minimum atomic E-state index is -0.485. The van der Waals surface area contributed by atoms with Gasteiger partial charge < -0.3 is 29.6 Å². The highest BCUT2D eigenvalue weighted by Crippen LogP contribution is 2.35. The number of thiocarbonyl (C=S) groups is 1. The normalized spacial score (nSPS) is 15.6. The third-order valence-electron chi connectivity index (χ3n) is 4.85. The van der Waals surface area contributed by atoms with Gasteiger partial charge in [-0.15, -0.1) is 0 Å². The van der Waals surface area contributed by atoms with E-state index in [9.17, 15) is 4.79 Å². The Balaban J connectivity index is 1.86. The van der Waals surface area contributed by atoms with E-state index >= 15 is 0 Å². The smallest absolute Gasteiger partial charge is 0.338 e. The van der Waals surface area contributed by atoms with Gasteiger partial charge in [0, 0.05) is 12.8 Å². The molecule has 170 valence electrons. The van der Waals surface area contributed by atoms with Crippen LogP contribution in [0.3, 0.4) is 0 Å². The summed E-state index contributed by atoms with van der Waals surface area (Å²) in [6.45, 7) is 5.10. The summed E-state index contributed by atoms with van der Waals surface area (Å²) in [7, 11) is 1.56. The molecule has 7 nitrogen and oxygen atoms in total. The van der Waals surface area contributed by atoms with Crippen LogP contribution in [0.5, 0.6) is 11.5 Å². The molecule has 0 aromatic heterocycles. The van der Waals surface area contributed by atoms with Gasteiger partial charge in [0.15, 0.2) is 16.6 Å². The molecule has 1 atom stereocenters. The maximum Gasteiger partial charge on any atom is 0.338 e. The molecular formula is C24H28N2O5S. The average molecular weight is 457 g/mol. The van der Waals surface area contributed by atoms with Gasteiger partial charge in [-0.05, 0) is 49.3 Å². The Hall–Kier alpha value is -3.10. The first-order chi connectivity index (χ1) is 15.5. The number of carbonyl (C=O) groups excluding carboxylic acids is 1. The summed E-state index contributed by atoms with van der Waals surface area (Å²) in [4.78, 5) is 12.8. The lowest BCUT2D eigenvalue weighted by Gasteiger charge is -2.30. The van der Waals surface area contributed by atoms with E-state index < -0.39 is 12.0 Å². The molecule has 0 amide bonds. The molecule has 0 unspecified atom stereocenters. The predicted molar refractivity (Wildman–Crippen MR) is 126 cm³/mol. The van der Waals surface area contributed by atoms with Gasteiger partial charge in [0.1, 0.15) is 13.2 Å². The Morgan fingerprint density at radius 2 is 1.84 bits per heavy atom. The van der Waals surface area contributed by atoms with Gasteiger partial charge in [0.25, 0.3) is 0 Å². The number of benzene rings is 2. The standard InChI is InChI=1S/C24H28N2O5S/c1-4-29-20-14-18(10-11-19(20)31-15-17-8-6-5-7-9-17)22-21(16(2)25-24(32)26-22)23(27)30-13-12-28-3/h5-11,14,22H,4,12-13,15H2,1-3H3,(H2,25,26,32)/t22-/m0/s1. The highest BCUT2D eigenvalue weighted by atomic mass is 32.1. The van der Waals surface area contributed by atoms with Crippen molar-refractivity contribution in [2.75, 3.05) is 26.9 Å². The van der Waals surface area contributed by atoms with E-state index in [-0.39, 0.29) is 6.61 Å². The quantitative estimate of drug-likeness (QED) is 0.319. The van der Waals surface area contributed by atoms with Crippen molar-refractivity contribution in [3.8, 4) is 11.5 Å². The summed E-state index contributed by atoms with van der Waals surface area (Å²) in [5, 5.41) is 6.60. The molecule has 0 bridgehead atoms. The van der Waals surface area contributed by atoms with Crippen LogP contribution >= 0.6 is 12.2 Å². The molecule has 1 aliphatic rings. The highest BCUT2D eigenvalue weighted by Gasteiger charge is 2.31. The summed E-state index contributed by atoms with van der Waals surface area (Å²) in [5.41, 5.74) is 2.96. The fourth-order valence-corrected chi connectivity index (χ4v) is 3.61. The van der Waals surface area contributed by atoms with Crippen LogP contribution in [0.2, 0.25) is 0 Å². The molecule has 1 aliphatic heterocycles. The maximum atomic E-state index is 12.8. The number of hydrogen-bond donors (Lipinski definition) is 2. The molecule has 3 rings (SSSR count). The minimum absolute atomic E-state index is 0.166. The second kappa shape index (κ2) is 11.5. The summed E-state index contributed by atoms with van der Waals surface area (Å²) in [5.74, 6) is 0.784. The first-order valence-corrected chi connectivity index (χ1v) is 10.8. The molecule has 8 heteroatoms. The monoisotopic (exact) mass is 456 g/mol. The zero-order valence-electron chi connectivity index (χ0n) is 18.5. The molecule has 32 heavy (non-hydrogen) atoms. The van der Waals surface area contributed by atoms with Gasteiger partial charge in [-0.2, -0.15) is 0 Å². The van der Waals surface area contributed by atoms with Crippen LogP contribution in [0.25, 0.3) is 0 Å². The van der Waals surface area contributed by atoms with E-state index in [2.05, 4.69) is 10.6 Å². The third kappa shape index (κ3) is 5.99. The molecule has 2 aromatic rings. The maximum absolute atomic E-state index is 12.8. The Morgan fingerprint density at radius 1 is 1.06 bits per heavy atom. The molecule has 2 aromatic carbocycles. The van der Waals surface area contributed by atoms with Crippen LogP contribution in [0.15, 0.2) is 59.8 Å². The molecule has 0 aliphatic carbocycles. The largest absolute Gasteiger partial charge is 0.490 e. The van der Waals surface area contributed by atoms with E-state index in [1.165, 1.54) is 0 Å². The van der Waals surface area contributed by atoms with Crippen molar-refractivity contribution in [3.63, 3.8) is 0 Å². The van der Waals surface area contributed by atoms with E-state index in [0.717, 1.165) is 11.1 Å². The number of carbonyl (C=O) groups is 1. The topological polar surface area (TPSA) is 78.1 Å². The summed E-state index contributed by atoms with van der Waals surface area (Å²) >= 11 is 5.33. The van der Waals surface area contributed by atoms with Crippen molar-refractivity contribution in [2.24, 2.45) is 0 Å². The number of allylic oxidation sites excluding steroid dienone is 1. The number of methoxy groups -OCH3 is 1. The molecule has 2 N–H and O–H groups in total. The Labute approximate surface area is 193 Å². The zero-order valence-corrected chi connectivity index (χ0v) is 19.3. The van der Waals surface area contributed by atoms with E-state index in [0.29, 0.717) is 47.7 Å². The van der Waals surface area contributed by atoms with Crippen molar-refractivity contribution in [3.05, 3.63) is 70.9 Å². The number of ether oxygens (including phenoxy) is 4. The Kier molecular flexibility index (Phi) is 8.47. The first-order valence-electron chi connectivity index (χ1n) is 10.4. The van der Waals surface area contributed by atoms with Crippen molar-refractivity contribution >= 4 is 23.3 Å². The van der Waals surface area contributed by atoms with Crippen LogP contribution in [0.4, 0.5) is 0 Å². The van der Waals surface area contributed by atoms with Crippen molar-refractivity contribution < 1.29 is 23.7 Å². The first kappa shape index (κ1) is 23.6. The van der Waals surface area contributed by atoms with Gasteiger partial charge in [-0.25, -0.2) is 4.79 Å². The lowest BCUT2D eigenvalue weighted by molar-refractivity contribution is -0.140. The Morgan fingerprint density at radius 3 is 2.56 bits per heavy atom. The summed E-state index contributed by atoms with van der Waals surface area (Å²) in [6.07, 6.45) is 0. The molecular weight excluding hydrogens is 428 g/mol. The molecule has 0 saturated carbocycles. The average Bonchev–Trinajstić information content (AvgIpc) is 2.78. The van der Waals surface area contributed by atoms with Gasteiger partial charge in [0.05, 0.1) is 24.8 Å². The van der Waals surface area contributed by atoms with E-state index in [1.54, 1.807) is 14.0 Å². The second-order valence-electron chi connectivity index (χ2n) is 7.11. The van der Waals surface area contributed by atoms with Crippen LogP contribution in [0.1, 0.15) is 31.0 Å². The molecule has 0 saturated heterocycles. The summed E-state index contributed by atoms with van der Waals surface area (Å²) in [6, 6.07) is 15.0. The predicted octanol–water partition coefficient (Wildman–Crippen LogP) is 3.65. The van der Waals surface area contributed by atoms with E-state index in [1.807, 2.05) is 55.5 Å². The summed E-state index contributed by atoms with van der Waals surface area (Å²) < 4.78 is 22.2. The van der Waals surface area contributed by atoms with Crippen molar-refractivity contribution in [1.29, 1.82) is 0 Å². The zero-order chi connectivity index (χ0) is 22.9. The second-order valence-corrected chi connectivity index (χ2v) is 7.52. The van der Waals surface area contributed by atoms with Crippen LogP contribution in [-0.4, -0.2) is 38.0 Å². The number of hydrogen-bond acceptors (Lipinski definition) is 6. The molecule has 1 heterocycles. The van der Waals surface area contributed by atoms with Gasteiger partial charge in [-0.3, -0.25) is 0 Å². The highest BCUT2D eigenvalue weighted by molar-refractivity contribution is 7.80. The minimum Gasteiger partial charge on any atom is -0.490 e. The van der Waals surface area contributed by atoms with Gasteiger partial charge >= 0.3 is 5.97 Å². The Bertz CT molecular complexity index is 978. The van der Waals surface area contributed by atoms with Gasteiger partial charge in [-0.1, -0.05) is 36.4 Å². The van der Waals surface area contributed by atoms with Crippen molar-refractivity contribution in [1.82, 2.24) is 10.6 Å². The molecule has 0 spiro atoms. The van der Waals surface area contributed by atoms with Crippen LogP contribution in [0, 0.1) is 0 Å². The molecule has 0 radical (unpaired) electrons. The van der Waals surface area contributed by atoms with E-state index in [4.69, 9.17) is 31.2 Å². The fourth-order valence-electron chi connectivity index (χ4n) is 3.34. The van der Waals surface area contributed by atoms with Crippen LogP contribution in [-0.2, 0) is 20.9 Å². The number of esters is 1. The van der Waals surface area contributed by atoms with Crippen molar-refractivity contribution in [2.45, 2.75) is 26.5 Å². The van der Waals surface area contributed by atoms with Gasteiger partial charge in [0.2, 0.25) is 0 Å². The molecule has 0 fully saturated rings.